The third-order valence-electron chi connectivity index (χ3n) is 3.20. The second kappa shape index (κ2) is 5.32. The number of aromatic amines is 1. The molecule has 2 heterocycles. The van der Waals surface area contributed by atoms with Crippen molar-refractivity contribution >= 4 is 12.2 Å². The van der Waals surface area contributed by atoms with Gasteiger partial charge >= 0.3 is 0 Å². The first kappa shape index (κ1) is 12.8. The summed E-state index contributed by atoms with van der Waals surface area (Å²) in [6.45, 7) is 6.88. The topological polar surface area (TPSA) is 77.2 Å². The molecule has 6 nitrogen and oxygen atoms in total. The van der Waals surface area contributed by atoms with E-state index in [1.807, 2.05) is 5.01 Å². The summed E-state index contributed by atoms with van der Waals surface area (Å²) in [7, 11) is 0. The maximum absolute atomic E-state index is 12.2. The first-order valence-electron chi connectivity index (χ1n) is 6.04. The maximum Gasteiger partial charge on any atom is 0.267 e. The molecule has 1 aliphatic rings. The van der Waals surface area contributed by atoms with Crippen molar-refractivity contribution in [3.8, 4) is 0 Å². The quantitative estimate of drug-likeness (QED) is 0.660. The molecule has 1 aromatic rings. The number of nitrogens with one attached hydrogen (secondary N) is 3. The minimum atomic E-state index is -0.156. The maximum atomic E-state index is 12.2. The highest BCUT2D eigenvalue weighted by Gasteiger charge is 2.20. The van der Waals surface area contributed by atoms with E-state index in [2.05, 4.69) is 15.7 Å². The van der Waals surface area contributed by atoms with Crippen molar-refractivity contribution in [2.24, 2.45) is 0 Å². The molecule has 18 heavy (non-hydrogen) atoms. The van der Waals surface area contributed by atoms with Crippen LogP contribution in [0.15, 0.2) is 0 Å². The minimum Gasteiger partial charge on any atom is -0.356 e. The van der Waals surface area contributed by atoms with Gasteiger partial charge in [-0.2, -0.15) is 0 Å². The third kappa shape index (κ3) is 2.44. The van der Waals surface area contributed by atoms with E-state index in [0.717, 1.165) is 38.2 Å². The lowest BCUT2D eigenvalue weighted by atomic mass is 10.1. The number of piperazine rings is 1. The average molecular weight is 250 g/mol. The summed E-state index contributed by atoms with van der Waals surface area (Å²) < 4.78 is 0. The Morgan fingerprint density at radius 3 is 2.56 bits per heavy atom. The Kier molecular flexibility index (Phi) is 3.78. The molecule has 1 amide bonds. The molecule has 6 heteroatoms. The Hall–Kier alpha value is -1.66. The molecule has 0 bridgehead atoms. The van der Waals surface area contributed by atoms with Crippen LogP contribution >= 0.6 is 0 Å². The number of H-pyrrole nitrogens is 1. The highest BCUT2D eigenvalue weighted by atomic mass is 16.2. The monoisotopic (exact) mass is 250 g/mol. The summed E-state index contributed by atoms with van der Waals surface area (Å²) in [6, 6.07) is 0. The van der Waals surface area contributed by atoms with Crippen molar-refractivity contribution in [2.45, 2.75) is 13.8 Å². The van der Waals surface area contributed by atoms with E-state index < -0.39 is 0 Å². The Morgan fingerprint density at radius 1 is 1.33 bits per heavy atom. The van der Waals surface area contributed by atoms with Crippen LogP contribution in [0, 0.1) is 13.8 Å². The summed E-state index contributed by atoms with van der Waals surface area (Å²) in [5.74, 6) is -0.156. The standard InChI is InChI=1S/C12H18N4O2/c1-8-10(7-17)14-9(2)11(8)12(18)15-16-5-3-13-4-6-16/h7,13-14H,3-6H2,1-2H3,(H,15,18). The van der Waals surface area contributed by atoms with Gasteiger partial charge in [-0.05, 0) is 19.4 Å². The summed E-state index contributed by atoms with van der Waals surface area (Å²) in [5, 5.41) is 5.11. The van der Waals surface area contributed by atoms with Crippen molar-refractivity contribution < 1.29 is 9.59 Å². The van der Waals surface area contributed by atoms with Crippen LogP contribution in [-0.4, -0.2) is 48.4 Å². The molecule has 0 unspecified atom stereocenters. The van der Waals surface area contributed by atoms with Crippen LogP contribution in [0.3, 0.4) is 0 Å². The molecule has 0 saturated carbocycles. The molecule has 1 aromatic heterocycles. The number of nitrogens with zero attached hydrogens (tertiary/aromatic N) is 1. The van der Waals surface area contributed by atoms with E-state index in [0.29, 0.717) is 16.8 Å². The van der Waals surface area contributed by atoms with Gasteiger partial charge in [-0.3, -0.25) is 15.0 Å². The van der Waals surface area contributed by atoms with E-state index in [1.165, 1.54) is 0 Å². The lowest BCUT2D eigenvalue weighted by Gasteiger charge is -2.27. The van der Waals surface area contributed by atoms with Crippen molar-refractivity contribution in [1.82, 2.24) is 20.7 Å². The van der Waals surface area contributed by atoms with Crippen molar-refractivity contribution in [2.75, 3.05) is 26.2 Å². The molecule has 3 N–H and O–H groups in total. The lowest BCUT2D eigenvalue weighted by molar-refractivity contribution is 0.0764. The van der Waals surface area contributed by atoms with Gasteiger partial charge in [0.05, 0.1) is 11.3 Å². The van der Waals surface area contributed by atoms with E-state index in [-0.39, 0.29) is 5.91 Å². The molecule has 1 saturated heterocycles. The Labute approximate surface area is 106 Å². The molecule has 0 aromatic carbocycles. The normalized spacial score (nSPS) is 16.6. The number of aromatic nitrogens is 1. The number of hydrogen-bond acceptors (Lipinski definition) is 4. The van der Waals surface area contributed by atoms with Gasteiger partial charge in [0.1, 0.15) is 0 Å². The van der Waals surface area contributed by atoms with Crippen LogP contribution in [0.4, 0.5) is 0 Å². The van der Waals surface area contributed by atoms with Crippen LogP contribution in [0.2, 0.25) is 0 Å². The van der Waals surface area contributed by atoms with Gasteiger partial charge in [-0.1, -0.05) is 0 Å². The molecule has 0 radical (unpaired) electrons. The van der Waals surface area contributed by atoms with E-state index >= 15 is 0 Å². The molecular weight excluding hydrogens is 232 g/mol. The Balaban J connectivity index is 2.13. The smallest absolute Gasteiger partial charge is 0.267 e. The number of hydrogen-bond donors (Lipinski definition) is 3. The molecule has 1 fully saturated rings. The first-order valence-corrected chi connectivity index (χ1v) is 6.04. The second-order valence-corrected chi connectivity index (χ2v) is 4.46. The van der Waals surface area contributed by atoms with Gasteiger partial charge in [0, 0.05) is 31.9 Å². The average Bonchev–Trinajstić information content (AvgIpc) is 2.65. The number of amides is 1. The summed E-state index contributed by atoms with van der Waals surface area (Å²) in [6.07, 6.45) is 0.740. The van der Waals surface area contributed by atoms with Gasteiger partial charge < -0.3 is 10.3 Å². The lowest BCUT2D eigenvalue weighted by Crippen LogP contribution is -2.52. The number of carbonyl (C=O) groups excluding carboxylic acids is 2. The minimum absolute atomic E-state index is 0.156. The zero-order valence-electron chi connectivity index (χ0n) is 10.7. The van der Waals surface area contributed by atoms with E-state index in [9.17, 15) is 9.59 Å². The number of carbonyl (C=O) groups is 2. The molecule has 1 aliphatic heterocycles. The van der Waals surface area contributed by atoms with Crippen LogP contribution < -0.4 is 10.7 Å². The molecule has 0 atom stereocenters. The third-order valence-corrected chi connectivity index (χ3v) is 3.20. The van der Waals surface area contributed by atoms with Crippen LogP contribution in [0.1, 0.15) is 32.1 Å². The molecular formula is C12H18N4O2. The summed E-state index contributed by atoms with van der Waals surface area (Å²) in [5.41, 5.74) is 5.34. The first-order chi connectivity index (χ1) is 8.63. The van der Waals surface area contributed by atoms with Gasteiger partial charge in [0.2, 0.25) is 0 Å². The van der Waals surface area contributed by atoms with Crippen molar-refractivity contribution in [1.29, 1.82) is 0 Å². The van der Waals surface area contributed by atoms with Gasteiger partial charge in [-0.25, -0.2) is 5.01 Å². The SMILES string of the molecule is Cc1[nH]c(C=O)c(C)c1C(=O)NN1CCNCC1. The summed E-state index contributed by atoms with van der Waals surface area (Å²) in [4.78, 5) is 25.9. The van der Waals surface area contributed by atoms with Gasteiger partial charge in [-0.15, -0.1) is 0 Å². The molecule has 98 valence electrons. The van der Waals surface area contributed by atoms with E-state index in [1.54, 1.807) is 13.8 Å². The molecule has 2 rings (SSSR count). The molecule has 0 spiro atoms. The number of rotatable bonds is 3. The number of aldehydes is 1. The zero-order valence-corrected chi connectivity index (χ0v) is 10.7. The second-order valence-electron chi connectivity index (χ2n) is 4.46. The predicted octanol–water partition coefficient (Wildman–Crippen LogP) is -0.00596. The zero-order chi connectivity index (χ0) is 13.1. The molecule has 0 aliphatic carbocycles. The van der Waals surface area contributed by atoms with Gasteiger partial charge in [0.15, 0.2) is 6.29 Å². The fourth-order valence-electron chi connectivity index (χ4n) is 2.21. The Morgan fingerprint density at radius 2 is 2.00 bits per heavy atom. The van der Waals surface area contributed by atoms with Crippen LogP contribution in [-0.2, 0) is 0 Å². The number of hydrazine groups is 1. The highest BCUT2D eigenvalue weighted by molar-refractivity contribution is 5.98. The van der Waals surface area contributed by atoms with E-state index in [4.69, 9.17) is 0 Å². The van der Waals surface area contributed by atoms with Gasteiger partial charge in [0.25, 0.3) is 5.91 Å². The Bertz CT molecular complexity index is 461. The highest BCUT2D eigenvalue weighted by Crippen LogP contribution is 2.16. The summed E-state index contributed by atoms with van der Waals surface area (Å²) >= 11 is 0. The van der Waals surface area contributed by atoms with Crippen molar-refractivity contribution in [3.05, 3.63) is 22.5 Å². The van der Waals surface area contributed by atoms with Crippen LogP contribution in [0.5, 0.6) is 0 Å². The predicted molar refractivity (Wildman–Crippen MR) is 67.6 cm³/mol. The van der Waals surface area contributed by atoms with Crippen LogP contribution in [0.25, 0.3) is 0 Å². The van der Waals surface area contributed by atoms with Crippen molar-refractivity contribution in [3.63, 3.8) is 0 Å². The largest absolute Gasteiger partial charge is 0.356 e. The fourth-order valence-corrected chi connectivity index (χ4v) is 2.21. The fraction of sp³-hybridized carbons (Fsp3) is 0.500. The number of aryl methyl sites for hydroxylation is 1.